The molecule has 3 nitrogen and oxygen atoms in total. The minimum absolute atomic E-state index is 0.605. The van der Waals surface area contributed by atoms with E-state index in [4.69, 9.17) is 4.74 Å². The van der Waals surface area contributed by atoms with Gasteiger partial charge in [0, 0.05) is 37.9 Å². The molecule has 2 aliphatic heterocycles. The molecule has 0 aliphatic carbocycles. The van der Waals surface area contributed by atoms with Gasteiger partial charge in [0.05, 0.1) is 0 Å². The molecule has 1 atom stereocenters. The van der Waals surface area contributed by atoms with Gasteiger partial charge in [-0.3, -0.25) is 4.90 Å². The molecule has 2 heterocycles. The Hall–Kier alpha value is -0.120. The molecule has 1 N–H and O–H groups in total. The lowest BCUT2D eigenvalue weighted by Crippen LogP contribution is -2.52. The molecule has 0 spiro atoms. The molecule has 17 heavy (non-hydrogen) atoms. The highest BCUT2D eigenvalue weighted by molar-refractivity contribution is 4.85. The Morgan fingerprint density at radius 1 is 1.18 bits per heavy atom. The number of rotatable bonds is 4. The lowest BCUT2D eigenvalue weighted by Gasteiger charge is -2.43. The normalized spacial score (nSPS) is 28.8. The van der Waals surface area contributed by atoms with Crippen molar-refractivity contribution in [2.45, 2.75) is 64.1 Å². The van der Waals surface area contributed by atoms with Crippen LogP contribution in [0.4, 0.5) is 0 Å². The largest absolute Gasteiger partial charge is 0.381 e. The number of ether oxygens (including phenoxy) is 1. The maximum atomic E-state index is 5.48. The van der Waals surface area contributed by atoms with Gasteiger partial charge < -0.3 is 10.1 Å². The van der Waals surface area contributed by atoms with E-state index in [0.717, 1.165) is 31.8 Å². The first kappa shape index (κ1) is 13.3. The van der Waals surface area contributed by atoms with Crippen molar-refractivity contribution >= 4 is 0 Å². The first-order valence-corrected chi connectivity index (χ1v) is 7.34. The Morgan fingerprint density at radius 3 is 2.65 bits per heavy atom. The van der Waals surface area contributed by atoms with Crippen LogP contribution in [0.3, 0.4) is 0 Å². The van der Waals surface area contributed by atoms with E-state index in [1.165, 1.54) is 38.6 Å². The van der Waals surface area contributed by atoms with Crippen LogP contribution in [0.1, 0.15) is 46.0 Å². The van der Waals surface area contributed by atoms with Crippen LogP contribution in [0, 0.1) is 0 Å². The Balaban J connectivity index is 1.86. The van der Waals surface area contributed by atoms with Gasteiger partial charge in [0.25, 0.3) is 0 Å². The summed E-state index contributed by atoms with van der Waals surface area (Å²) >= 11 is 0. The van der Waals surface area contributed by atoms with Crippen molar-refractivity contribution in [2.75, 3.05) is 26.3 Å². The fourth-order valence-electron chi connectivity index (χ4n) is 3.11. The molecule has 2 rings (SSSR count). The highest BCUT2D eigenvalue weighted by Gasteiger charge is 2.29. The van der Waals surface area contributed by atoms with E-state index in [-0.39, 0.29) is 0 Å². The molecule has 2 fully saturated rings. The molecule has 0 amide bonds. The molecule has 0 aromatic rings. The Morgan fingerprint density at radius 2 is 1.94 bits per heavy atom. The molecule has 100 valence electrons. The van der Waals surface area contributed by atoms with E-state index < -0.39 is 0 Å². The van der Waals surface area contributed by atoms with E-state index in [2.05, 4.69) is 24.1 Å². The molecule has 3 heteroatoms. The van der Waals surface area contributed by atoms with Crippen molar-refractivity contribution in [3.63, 3.8) is 0 Å². The summed E-state index contributed by atoms with van der Waals surface area (Å²) in [7, 11) is 0. The third kappa shape index (κ3) is 3.94. The monoisotopic (exact) mass is 240 g/mol. The fraction of sp³-hybridized carbons (Fsp3) is 1.00. The number of hydrogen-bond donors (Lipinski definition) is 1. The predicted octanol–water partition coefficient (Wildman–Crippen LogP) is 2.02. The zero-order valence-electron chi connectivity index (χ0n) is 11.5. The number of nitrogens with zero attached hydrogens (tertiary/aromatic N) is 1. The third-order valence-electron chi connectivity index (χ3n) is 4.09. The topological polar surface area (TPSA) is 24.5 Å². The number of nitrogens with one attached hydrogen (secondary N) is 1. The minimum atomic E-state index is 0.605. The van der Waals surface area contributed by atoms with E-state index in [9.17, 15) is 0 Å². The number of hydrogen-bond acceptors (Lipinski definition) is 3. The van der Waals surface area contributed by atoms with Crippen molar-refractivity contribution in [1.29, 1.82) is 0 Å². The van der Waals surface area contributed by atoms with E-state index in [1.54, 1.807) is 0 Å². The van der Waals surface area contributed by atoms with E-state index in [1.807, 2.05) is 0 Å². The number of piperidine rings is 1. The molecule has 0 aromatic heterocycles. The van der Waals surface area contributed by atoms with Crippen LogP contribution < -0.4 is 5.32 Å². The van der Waals surface area contributed by atoms with Crippen molar-refractivity contribution in [3.8, 4) is 0 Å². The summed E-state index contributed by atoms with van der Waals surface area (Å²) in [5.74, 6) is 0. The van der Waals surface area contributed by atoms with Crippen LogP contribution in [0.5, 0.6) is 0 Å². The van der Waals surface area contributed by atoms with E-state index >= 15 is 0 Å². The van der Waals surface area contributed by atoms with Crippen LogP contribution in [0.25, 0.3) is 0 Å². The molecular weight excluding hydrogens is 212 g/mol. The minimum Gasteiger partial charge on any atom is -0.381 e. The molecular formula is C14H28N2O. The quantitative estimate of drug-likeness (QED) is 0.813. The summed E-state index contributed by atoms with van der Waals surface area (Å²) in [5.41, 5.74) is 0. The second kappa shape index (κ2) is 6.72. The smallest absolute Gasteiger partial charge is 0.0480 e. The van der Waals surface area contributed by atoms with Crippen LogP contribution in [0.15, 0.2) is 0 Å². The SMILES string of the molecule is CC(C)NCC1CCCCN1C1CCOCC1. The zero-order valence-corrected chi connectivity index (χ0v) is 11.5. The summed E-state index contributed by atoms with van der Waals surface area (Å²) in [6, 6.07) is 2.14. The van der Waals surface area contributed by atoms with Gasteiger partial charge in [-0.1, -0.05) is 20.3 Å². The molecule has 0 saturated carbocycles. The van der Waals surface area contributed by atoms with Crippen molar-refractivity contribution < 1.29 is 4.74 Å². The van der Waals surface area contributed by atoms with Gasteiger partial charge in [-0.2, -0.15) is 0 Å². The Bertz CT molecular complexity index is 214. The first-order valence-electron chi connectivity index (χ1n) is 7.34. The van der Waals surface area contributed by atoms with Gasteiger partial charge in [-0.15, -0.1) is 0 Å². The van der Waals surface area contributed by atoms with Gasteiger partial charge >= 0.3 is 0 Å². The predicted molar refractivity (Wildman–Crippen MR) is 71.3 cm³/mol. The molecule has 2 saturated heterocycles. The van der Waals surface area contributed by atoms with Crippen LogP contribution >= 0.6 is 0 Å². The molecule has 0 aromatic carbocycles. The standard InChI is InChI=1S/C14H28N2O/c1-12(2)15-11-14-5-3-4-8-16(14)13-6-9-17-10-7-13/h12-15H,3-11H2,1-2H3. The highest BCUT2D eigenvalue weighted by Crippen LogP contribution is 2.24. The summed E-state index contributed by atoms with van der Waals surface area (Å²) in [6.07, 6.45) is 6.63. The summed E-state index contributed by atoms with van der Waals surface area (Å²) < 4.78 is 5.48. The fourth-order valence-corrected chi connectivity index (χ4v) is 3.11. The van der Waals surface area contributed by atoms with Crippen LogP contribution in [-0.4, -0.2) is 49.3 Å². The highest BCUT2D eigenvalue weighted by atomic mass is 16.5. The Labute approximate surface area is 106 Å². The van der Waals surface area contributed by atoms with Gasteiger partial charge in [0.2, 0.25) is 0 Å². The van der Waals surface area contributed by atoms with Gasteiger partial charge in [-0.05, 0) is 32.2 Å². The summed E-state index contributed by atoms with van der Waals surface area (Å²) in [4.78, 5) is 2.77. The average Bonchev–Trinajstić information content (AvgIpc) is 2.38. The third-order valence-corrected chi connectivity index (χ3v) is 4.09. The van der Waals surface area contributed by atoms with Crippen molar-refractivity contribution in [3.05, 3.63) is 0 Å². The zero-order chi connectivity index (χ0) is 12.1. The molecule has 1 unspecified atom stereocenters. The van der Waals surface area contributed by atoms with E-state index in [0.29, 0.717) is 6.04 Å². The first-order chi connectivity index (χ1) is 8.27. The van der Waals surface area contributed by atoms with Crippen molar-refractivity contribution in [1.82, 2.24) is 10.2 Å². The van der Waals surface area contributed by atoms with Gasteiger partial charge in [-0.25, -0.2) is 0 Å². The number of likely N-dealkylation sites (tertiary alicyclic amines) is 1. The van der Waals surface area contributed by atoms with Crippen LogP contribution in [-0.2, 0) is 4.74 Å². The van der Waals surface area contributed by atoms with Crippen LogP contribution in [0.2, 0.25) is 0 Å². The van der Waals surface area contributed by atoms with Crippen molar-refractivity contribution in [2.24, 2.45) is 0 Å². The van der Waals surface area contributed by atoms with Gasteiger partial charge in [0.15, 0.2) is 0 Å². The lowest BCUT2D eigenvalue weighted by molar-refractivity contribution is 0.00462. The average molecular weight is 240 g/mol. The summed E-state index contributed by atoms with van der Waals surface area (Å²) in [6.45, 7) is 8.87. The second-order valence-electron chi connectivity index (χ2n) is 5.79. The molecule has 2 aliphatic rings. The second-order valence-corrected chi connectivity index (χ2v) is 5.79. The summed E-state index contributed by atoms with van der Waals surface area (Å²) in [5, 5.41) is 3.61. The lowest BCUT2D eigenvalue weighted by atomic mass is 9.96. The maximum absolute atomic E-state index is 5.48. The molecule has 0 radical (unpaired) electrons. The van der Waals surface area contributed by atoms with Gasteiger partial charge in [0.1, 0.15) is 0 Å². The maximum Gasteiger partial charge on any atom is 0.0480 e. The Kier molecular flexibility index (Phi) is 5.26. The molecule has 0 bridgehead atoms.